The number of hydrogen-bond donors (Lipinski definition) is 2. The maximum absolute atomic E-state index is 12.2. The molecule has 2 amide bonds. The molecular weight excluding hydrogens is 464 g/mol. The Morgan fingerprint density at radius 2 is 1.83 bits per heavy atom. The number of benzene rings is 2. The monoisotopic (exact) mass is 486 g/mol. The van der Waals surface area contributed by atoms with Crippen LogP contribution in [0.2, 0.25) is 0 Å². The highest BCUT2D eigenvalue weighted by Crippen LogP contribution is 2.27. The minimum absolute atomic E-state index is 0.0919. The van der Waals surface area contributed by atoms with E-state index in [4.69, 9.17) is 0 Å². The van der Waals surface area contributed by atoms with Gasteiger partial charge in [-0.25, -0.2) is 4.98 Å². The Balaban J connectivity index is 1.55. The van der Waals surface area contributed by atoms with Crippen LogP contribution in [0.3, 0.4) is 0 Å². The summed E-state index contributed by atoms with van der Waals surface area (Å²) >= 11 is 4.71. The fraction of sp³-hybridized carbons (Fsp3) is 0.227. The third kappa shape index (κ3) is 5.73. The molecule has 0 aliphatic rings. The lowest BCUT2D eigenvalue weighted by Crippen LogP contribution is -2.34. The van der Waals surface area contributed by atoms with Gasteiger partial charge in [0.2, 0.25) is 11.8 Å². The Hall–Kier alpha value is -2.58. The van der Waals surface area contributed by atoms with E-state index in [0.29, 0.717) is 11.6 Å². The SMILES string of the molecule is CC(C)c1ccccc1-n1ccnc1SCC(=O)NCC(=O)Nc1ccccc1Br. The highest BCUT2D eigenvalue weighted by Gasteiger charge is 2.14. The van der Waals surface area contributed by atoms with Crippen LogP contribution in [0.1, 0.15) is 25.3 Å². The van der Waals surface area contributed by atoms with Gasteiger partial charge in [0, 0.05) is 16.9 Å². The predicted octanol–water partition coefficient (Wildman–Crippen LogP) is 4.61. The number of nitrogens with one attached hydrogen (secondary N) is 2. The summed E-state index contributed by atoms with van der Waals surface area (Å²) in [7, 11) is 0. The number of halogens is 1. The van der Waals surface area contributed by atoms with Gasteiger partial charge in [-0.3, -0.25) is 14.2 Å². The van der Waals surface area contributed by atoms with Gasteiger partial charge < -0.3 is 10.6 Å². The Kier molecular flexibility index (Phi) is 7.70. The average molecular weight is 487 g/mol. The summed E-state index contributed by atoms with van der Waals surface area (Å²) < 4.78 is 2.78. The number of carbonyl (C=O) groups is 2. The van der Waals surface area contributed by atoms with Crippen LogP contribution in [0.25, 0.3) is 5.69 Å². The molecule has 0 saturated carbocycles. The number of rotatable bonds is 8. The first kappa shape index (κ1) is 22.1. The minimum Gasteiger partial charge on any atom is -0.346 e. The average Bonchev–Trinajstić information content (AvgIpc) is 3.21. The fourth-order valence-corrected chi connectivity index (χ4v) is 4.07. The smallest absolute Gasteiger partial charge is 0.243 e. The molecule has 156 valence electrons. The lowest BCUT2D eigenvalue weighted by atomic mass is 10.0. The molecular formula is C22H23BrN4O2S. The quantitative estimate of drug-likeness (QED) is 0.456. The van der Waals surface area contributed by atoms with Crippen molar-refractivity contribution in [2.24, 2.45) is 0 Å². The van der Waals surface area contributed by atoms with E-state index in [9.17, 15) is 9.59 Å². The molecule has 0 radical (unpaired) electrons. The van der Waals surface area contributed by atoms with Crippen molar-refractivity contribution in [1.82, 2.24) is 14.9 Å². The Morgan fingerprint density at radius 1 is 1.10 bits per heavy atom. The van der Waals surface area contributed by atoms with Gasteiger partial charge in [-0.15, -0.1) is 0 Å². The van der Waals surface area contributed by atoms with E-state index < -0.39 is 0 Å². The van der Waals surface area contributed by atoms with E-state index in [-0.39, 0.29) is 24.1 Å². The summed E-state index contributed by atoms with van der Waals surface area (Å²) in [6.07, 6.45) is 3.62. The Morgan fingerprint density at radius 3 is 2.60 bits per heavy atom. The number of anilines is 1. The molecule has 0 bridgehead atoms. The van der Waals surface area contributed by atoms with E-state index in [1.54, 1.807) is 12.3 Å². The summed E-state index contributed by atoms with van der Waals surface area (Å²) in [5.74, 6) is 0.0258. The van der Waals surface area contributed by atoms with Crippen LogP contribution in [0.15, 0.2) is 70.6 Å². The highest BCUT2D eigenvalue weighted by atomic mass is 79.9. The number of para-hydroxylation sites is 2. The number of nitrogens with zero attached hydrogens (tertiary/aromatic N) is 2. The normalized spacial score (nSPS) is 10.8. The van der Waals surface area contributed by atoms with Gasteiger partial charge in [0.1, 0.15) is 0 Å². The molecule has 1 aromatic heterocycles. The largest absolute Gasteiger partial charge is 0.346 e. The Bertz CT molecular complexity index is 1040. The number of hydrogen-bond acceptors (Lipinski definition) is 4. The van der Waals surface area contributed by atoms with Gasteiger partial charge >= 0.3 is 0 Å². The van der Waals surface area contributed by atoms with Gasteiger partial charge in [-0.05, 0) is 45.6 Å². The topological polar surface area (TPSA) is 76.0 Å². The van der Waals surface area contributed by atoms with Gasteiger partial charge in [0.05, 0.1) is 23.7 Å². The van der Waals surface area contributed by atoms with E-state index in [0.717, 1.165) is 15.3 Å². The van der Waals surface area contributed by atoms with Crippen LogP contribution in [-0.2, 0) is 9.59 Å². The van der Waals surface area contributed by atoms with Crippen LogP contribution in [-0.4, -0.2) is 33.7 Å². The summed E-state index contributed by atoms with van der Waals surface area (Å²) in [4.78, 5) is 28.7. The van der Waals surface area contributed by atoms with Crippen LogP contribution in [0, 0.1) is 0 Å². The summed E-state index contributed by atoms with van der Waals surface area (Å²) in [5.41, 5.74) is 2.93. The maximum atomic E-state index is 12.2. The summed E-state index contributed by atoms with van der Waals surface area (Å²) in [6.45, 7) is 4.20. The first-order chi connectivity index (χ1) is 14.5. The molecule has 8 heteroatoms. The van der Waals surface area contributed by atoms with Crippen LogP contribution >= 0.6 is 27.7 Å². The highest BCUT2D eigenvalue weighted by molar-refractivity contribution is 9.10. The van der Waals surface area contributed by atoms with Crippen LogP contribution in [0.4, 0.5) is 5.69 Å². The Labute approximate surface area is 188 Å². The van der Waals surface area contributed by atoms with Crippen molar-refractivity contribution < 1.29 is 9.59 Å². The zero-order valence-corrected chi connectivity index (χ0v) is 19.2. The fourth-order valence-electron chi connectivity index (χ4n) is 2.89. The maximum Gasteiger partial charge on any atom is 0.243 e. The number of imidazole rings is 1. The van der Waals surface area contributed by atoms with Gasteiger partial charge in [0.15, 0.2) is 5.16 Å². The van der Waals surface area contributed by atoms with E-state index in [2.05, 4.69) is 51.5 Å². The van der Waals surface area contributed by atoms with Crippen molar-refractivity contribution in [3.63, 3.8) is 0 Å². The molecule has 0 fully saturated rings. The first-order valence-corrected chi connectivity index (χ1v) is 11.3. The second-order valence-corrected chi connectivity index (χ2v) is 8.68. The molecule has 0 aliphatic heterocycles. The summed E-state index contributed by atoms with van der Waals surface area (Å²) in [6, 6.07) is 15.5. The zero-order valence-electron chi connectivity index (χ0n) is 16.8. The van der Waals surface area contributed by atoms with Crippen molar-refractivity contribution in [1.29, 1.82) is 0 Å². The third-order valence-corrected chi connectivity index (χ3v) is 6.01. The molecule has 0 spiro atoms. The predicted molar refractivity (Wildman–Crippen MR) is 124 cm³/mol. The lowest BCUT2D eigenvalue weighted by Gasteiger charge is -2.15. The molecule has 0 unspecified atom stereocenters. The van der Waals surface area contributed by atoms with E-state index in [1.165, 1.54) is 17.3 Å². The van der Waals surface area contributed by atoms with Crippen LogP contribution in [0.5, 0.6) is 0 Å². The zero-order chi connectivity index (χ0) is 21.5. The van der Waals surface area contributed by atoms with Crippen molar-refractivity contribution in [2.45, 2.75) is 24.9 Å². The molecule has 0 atom stereocenters. The molecule has 3 rings (SSSR count). The van der Waals surface area contributed by atoms with Crippen molar-refractivity contribution >= 4 is 45.2 Å². The van der Waals surface area contributed by atoms with Gasteiger partial charge in [-0.1, -0.05) is 55.9 Å². The molecule has 6 nitrogen and oxygen atoms in total. The van der Waals surface area contributed by atoms with E-state index >= 15 is 0 Å². The van der Waals surface area contributed by atoms with Gasteiger partial charge in [-0.2, -0.15) is 0 Å². The van der Waals surface area contributed by atoms with Crippen molar-refractivity contribution in [3.05, 3.63) is 71.0 Å². The molecule has 30 heavy (non-hydrogen) atoms. The number of amides is 2. The third-order valence-electron chi connectivity index (χ3n) is 4.35. The first-order valence-electron chi connectivity index (χ1n) is 9.52. The molecule has 2 aromatic carbocycles. The molecule has 0 saturated heterocycles. The second-order valence-electron chi connectivity index (χ2n) is 6.89. The molecule has 1 heterocycles. The molecule has 2 N–H and O–H groups in total. The number of thioether (sulfide) groups is 1. The number of aromatic nitrogens is 2. The molecule has 0 aliphatic carbocycles. The summed E-state index contributed by atoms with van der Waals surface area (Å²) in [5, 5.41) is 6.14. The van der Waals surface area contributed by atoms with Crippen molar-refractivity contribution in [3.8, 4) is 5.69 Å². The second kappa shape index (κ2) is 10.4. The van der Waals surface area contributed by atoms with Gasteiger partial charge in [0.25, 0.3) is 0 Å². The lowest BCUT2D eigenvalue weighted by molar-refractivity contribution is -0.122. The standard InChI is InChI=1S/C22H23BrN4O2S/c1-15(2)16-7-3-6-10-19(16)27-12-11-24-22(27)30-14-21(29)25-13-20(28)26-18-9-5-4-8-17(18)23/h3-12,15H,13-14H2,1-2H3,(H,25,29)(H,26,28). The van der Waals surface area contributed by atoms with Crippen molar-refractivity contribution in [2.75, 3.05) is 17.6 Å². The molecule has 3 aromatic rings. The van der Waals surface area contributed by atoms with E-state index in [1.807, 2.05) is 47.2 Å². The van der Waals surface area contributed by atoms with Crippen LogP contribution < -0.4 is 10.6 Å². The number of carbonyl (C=O) groups excluding carboxylic acids is 2. The minimum atomic E-state index is -0.285.